The fourth-order valence-corrected chi connectivity index (χ4v) is 2.80. The number of anilines is 1. The van der Waals surface area contributed by atoms with Crippen LogP contribution in [-0.4, -0.2) is 35.4 Å². The molecule has 2 rings (SSSR count). The molecule has 2 N–H and O–H groups in total. The van der Waals surface area contributed by atoms with Gasteiger partial charge in [-0.15, -0.1) is 0 Å². The number of carbonyl (C=O) groups excluding carboxylic acids is 1. The van der Waals surface area contributed by atoms with Gasteiger partial charge in [-0.1, -0.05) is 13.8 Å². The number of carbonyl (C=O) groups is 1. The summed E-state index contributed by atoms with van der Waals surface area (Å²) >= 11 is 0. The van der Waals surface area contributed by atoms with Gasteiger partial charge in [0.1, 0.15) is 12.5 Å². The number of hydrogen-bond acceptors (Lipinski definition) is 5. The summed E-state index contributed by atoms with van der Waals surface area (Å²) in [4.78, 5) is 20.9. The van der Waals surface area contributed by atoms with Gasteiger partial charge in [0, 0.05) is 26.9 Å². The summed E-state index contributed by atoms with van der Waals surface area (Å²) in [5, 5.41) is 5.99. The molecule has 0 bridgehead atoms. The van der Waals surface area contributed by atoms with Crippen molar-refractivity contribution in [3.8, 4) is 0 Å². The summed E-state index contributed by atoms with van der Waals surface area (Å²) in [5.41, 5.74) is 2.23. The zero-order valence-electron chi connectivity index (χ0n) is 18.2. The van der Waals surface area contributed by atoms with E-state index in [1.54, 1.807) is 0 Å². The van der Waals surface area contributed by atoms with Crippen LogP contribution in [0.4, 0.5) is 19.0 Å². The molecule has 2 aromatic rings. The van der Waals surface area contributed by atoms with Crippen LogP contribution in [0.1, 0.15) is 63.4 Å². The molecule has 1 unspecified atom stereocenters. The van der Waals surface area contributed by atoms with Crippen LogP contribution in [0.3, 0.4) is 0 Å². The zero-order valence-corrected chi connectivity index (χ0v) is 18.2. The van der Waals surface area contributed by atoms with Gasteiger partial charge in [0.25, 0.3) is 5.91 Å². The summed E-state index contributed by atoms with van der Waals surface area (Å²) in [5.74, 6) is 0.730. The first-order chi connectivity index (χ1) is 14.5. The van der Waals surface area contributed by atoms with Crippen molar-refractivity contribution < 1.29 is 25.6 Å². The van der Waals surface area contributed by atoms with E-state index in [4.69, 9.17) is 4.74 Å². The number of pyridine rings is 2. The summed E-state index contributed by atoms with van der Waals surface area (Å²) in [6.07, 6.45) is -4.09. The Labute approximate surface area is 183 Å². The molecule has 0 fully saturated rings. The zero-order chi connectivity index (χ0) is 23.0. The van der Waals surface area contributed by atoms with Gasteiger partial charge < -0.3 is 15.4 Å². The van der Waals surface area contributed by atoms with E-state index in [1.165, 1.54) is 18.3 Å². The Kier molecular flexibility index (Phi) is 8.79. The largest absolute Gasteiger partial charge is 0.389 e. The first-order valence-corrected chi connectivity index (χ1v) is 10.2. The second-order valence-electron chi connectivity index (χ2n) is 7.86. The predicted molar refractivity (Wildman–Crippen MR) is 117 cm³/mol. The molecule has 9 heteroatoms. The number of alkyl halides is 3. The molecule has 0 radical (unpaired) electrons. The van der Waals surface area contributed by atoms with Crippen LogP contribution < -0.4 is 10.6 Å². The Morgan fingerprint density at radius 2 is 1.97 bits per heavy atom. The SMILES string of the molecule is Cc1cc(C(C)NC(=O)c2ccc(CCC(F)(F)F)nc2)cc(NCOCC(C)C)n1.[HH].[HH]. The standard InChI is InChI=1S/C22H29F3N4O2.2H2/c1-14(2)12-31-13-27-20-10-18(9-15(3)28-20)16(4)29-21(30)17-5-6-19(26-11-17)7-8-22(23,24)25;;/h5-6,9-11,14,16H,7-8,12-13H2,1-4H3,(H,27,28)(H,29,30);2*1H. The smallest absolute Gasteiger partial charge is 0.361 e. The molecule has 0 spiro atoms. The maximum atomic E-state index is 12.5. The van der Waals surface area contributed by atoms with Crippen LogP contribution in [0.25, 0.3) is 0 Å². The number of hydrogen-bond donors (Lipinski definition) is 2. The van der Waals surface area contributed by atoms with Gasteiger partial charge in [0.05, 0.1) is 18.2 Å². The number of rotatable bonds is 10. The second-order valence-corrected chi connectivity index (χ2v) is 7.86. The number of aromatic nitrogens is 2. The van der Waals surface area contributed by atoms with E-state index >= 15 is 0 Å². The van der Waals surface area contributed by atoms with Crippen LogP contribution in [0.2, 0.25) is 0 Å². The topological polar surface area (TPSA) is 76.1 Å². The average molecular weight is 443 g/mol. The molecule has 1 amide bonds. The van der Waals surface area contributed by atoms with Crippen molar-refractivity contribution in [1.82, 2.24) is 15.3 Å². The highest BCUT2D eigenvalue weighted by Gasteiger charge is 2.26. The van der Waals surface area contributed by atoms with Crippen LogP contribution in [-0.2, 0) is 11.2 Å². The Balaban J connectivity index is 0.00000512. The molecule has 0 aliphatic rings. The molecule has 2 heterocycles. The van der Waals surface area contributed by atoms with E-state index < -0.39 is 12.6 Å². The lowest BCUT2D eigenvalue weighted by atomic mass is 10.1. The number of halogens is 3. The molecular formula is C22H33F3N4O2. The maximum absolute atomic E-state index is 12.5. The van der Waals surface area contributed by atoms with Gasteiger partial charge in [-0.05, 0) is 56.0 Å². The van der Waals surface area contributed by atoms with E-state index in [1.807, 2.05) is 26.0 Å². The Morgan fingerprint density at radius 3 is 2.58 bits per heavy atom. The van der Waals surface area contributed by atoms with Gasteiger partial charge in [0.15, 0.2) is 0 Å². The Morgan fingerprint density at radius 1 is 1.23 bits per heavy atom. The minimum absolute atomic E-state index is 0. The van der Waals surface area contributed by atoms with Crippen LogP contribution >= 0.6 is 0 Å². The molecule has 174 valence electrons. The second kappa shape index (κ2) is 11.1. The van der Waals surface area contributed by atoms with E-state index in [-0.39, 0.29) is 26.8 Å². The summed E-state index contributed by atoms with van der Waals surface area (Å²) < 4.78 is 42.5. The Hall–Kier alpha value is -2.68. The first kappa shape index (κ1) is 24.6. The normalized spacial score (nSPS) is 12.6. The summed E-state index contributed by atoms with van der Waals surface area (Å²) in [6.45, 7) is 8.82. The van der Waals surface area contributed by atoms with Crippen molar-refractivity contribution in [2.24, 2.45) is 5.92 Å². The molecule has 0 aromatic carbocycles. The summed E-state index contributed by atoms with van der Waals surface area (Å²) in [7, 11) is 0. The predicted octanol–water partition coefficient (Wildman–Crippen LogP) is 5.30. The highest BCUT2D eigenvalue weighted by atomic mass is 19.4. The Bertz CT molecular complexity index is 866. The number of nitrogens with zero attached hydrogens (tertiary/aromatic N) is 2. The molecule has 0 aliphatic carbocycles. The molecule has 2 aromatic heterocycles. The van der Waals surface area contributed by atoms with Crippen LogP contribution in [0.5, 0.6) is 0 Å². The third-order valence-electron chi connectivity index (χ3n) is 4.38. The van der Waals surface area contributed by atoms with Crippen molar-refractivity contribution in [2.75, 3.05) is 18.7 Å². The highest BCUT2D eigenvalue weighted by molar-refractivity contribution is 5.94. The lowest BCUT2D eigenvalue weighted by molar-refractivity contribution is -0.134. The monoisotopic (exact) mass is 442 g/mol. The quantitative estimate of drug-likeness (QED) is 0.385. The number of amides is 1. The van der Waals surface area contributed by atoms with Crippen molar-refractivity contribution in [1.29, 1.82) is 0 Å². The first-order valence-electron chi connectivity index (χ1n) is 10.2. The molecule has 1 atom stereocenters. The van der Waals surface area contributed by atoms with Crippen LogP contribution in [0, 0.1) is 12.8 Å². The van der Waals surface area contributed by atoms with Crippen molar-refractivity contribution in [3.05, 3.63) is 53.0 Å². The van der Waals surface area contributed by atoms with Crippen LogP contribution in [0.15, 0.2) is 30.5 Å². The van der Waals surface area contributed by atoms with E-state index in [2.05, 4.69) is 34.4 Å². The minimum atomic E-state index is -4.23. The average Bonchev–Trinajstić information content (AvgIpc) is 2.69. The lowest BCUT2D eigenvalue weighted by Crippen LogP contribution is -2.27. The summed E-state index contributed by atoms with van der Waals surface area (Å²) in [6, 6.07) is 6.34. The van der Waals surface area contributed by atoms with Gasteiger partial charge in [-0.25, -0.2) is 4.98 Å². The molecule has 6 nitrogen and oxygen atoms in total. The molecular weight excluding hydrogens is 409 g/mol. The van der Waals surface area contributed by atoms with Crippen molar-refractivity contribution in [3.63, 3.8) is 0 Å². The molecule has 0 saturated carbocycles. The van der Waals surface area contributed by atoms with Gasteiger partial charge in [-0.3, -0.25) is 9.78 Å². The fraction of sp³-hybridized carbons (Fsp3) is 0.500. The molecule has 0 aliphatic heterocycles. The molecule has 31 heavy (non-hydrogen) atoms. The number of ether oxygens (including phenoxy) is 1. The molecule has 0 saturated heterocycles. The van der Waals surface area contributed by atoms with E-state index in [0.29, 0.717) is 30.8 Å². The third kappa shape index (κ3) is 8.92. The van der Waals surface area contributed by atoms with E-state index in [0.717, 1.165) is 11.3 Å². The van der Waals surface area contributed by atoms with Crippen molar-refractivity contribution >= 4 is 11.7 Å². The van der Waals surface area contributed by atoms with Gasteiger partial charge in [0.2, 0.25) is 0 Å². The minimum Gasteiger partial charge on any atom is -0.361 e. The highest BCUT2D eigenvalue weighted by Crippen LogP contribution is 2.22. The van der Waals surface area contributed by atoms with Crippen molar-refractivity contribution in [2.45, 2.75) is 52.8 Å². The fourth-order valence-electron chi connectivity index (χ4n) is 2.80. The third-order valence-corrected chi connectivity index (χ3v) is 4.38. The number of nitrogens with one attached hydrogen (secondary N) is 2. The van der Waals surface area contributed by atoms with Gasteiger partial charge >= 0.3 is 6.18 Å². The lowest BCUT2D eigenvalue weighted by Gasteiger charge is -2.17. The maximum Gasteiger partial charge on any atom is 0.389 e. The number of aryl methyl sites for hydroxylation is 2. The van der Waals surface area contributed by atoms with Gasteiger partial charge in [-0.2, -0.15) is 13.2 Å². The van der Waals surface area contributed by atoms with E-state index in [9.17, 15) is 18.0 Å².